The van der Waals surface area contributed by atoms with Gasteiger partial charge in [-0.2, -0.15) is 4.31 Å². The summed E-state index contributed by atoms with van der Waals surface area (Å²) >= 11 is 0. The Labute approximate surface area is 154 Å². The van der Waals surface area contributed by atoms with E-state index in [-0.39, 0.29) is 4.90 Å². The predicted octanol–water partition coefficient (Wildman–Crippen LogP) is 3.39. The molecule has 5 nitrogen and oxygen atoms in total. The van der Waals surface area contributed by atoms with Gasteiger partial charge in [-0.25, -0.2) is 13.2 Å². The summed E-state index contributed by atoms with van der Waals surface area (Å²) in [7, 11) is -3.59. The van der Waals surface area contributed by atoms with E-state index in [0.29, 0.717) is 31.7 Å². The first-order valence-corrected chi connectivity index (χ1v) is 10.3. The van der Waals surface area contributed by atoms with E-state index in [1.54, 1.807) is 0 Å². The summed E-state index contributed by atoms with van der Waals surface area (Å²) in [5.41, 5.74) is 2.60. The highest BCUT2D eigenvalue weighted by molar-refractivity contribution is 7.89. The Hall–Kier alpha value is -2.18. The van der Waals surface area contributed by atoms with Gasteiger partial charge in [0.25, 0.3) is 0 Å². The highest BCUT2D eigenvalue weighted by Crippen LogP contribution is 2.25. The Balaban J connectivity index is 1.73. The smallest absolute Gasteiger partial charge is 0.338 e. The largest absolute Gasteiger partial charge is 0.462 e. The number of carbonyl (C=O) groups excluding carboxylic acids is 1. The van der Waals surface area contributed by atoms with E-state index >= 15 is 0 Å². The molecule has 0 aliphatic carbocycles. The van der Waals surface area contributed by atoms with E-state index < -0.39 is 16.0 Å². The molecule has 0 radical (unpaired) electrons. The molecule has 1 aliphatic rings. The number of carbonyl (C=O) groups is 1. The van der Waals surface area contributed by atoms with Crippen LogP contribution in [0.2, 0.25) is 0 Å². The minimum Gasteiger partial charge on any atom is -0.462 e. The Morgan fingerprint density at radius 3 is 2.46 bits per heavy atom. The maximum absolute atomic E-state index is 12.9. The van der Waals surface area contributed by atoms with Crippen LogP contribution < -0.4 is 0 Å². The number of ether oxygens (including phenoxy) is 1. The lowest BCUT2D eigenvalue weighted by Crippen LogP contribution is -2.35. The lowest BCUT2D eigenvalue weighted by molar-refractivity contribution is 0.0499. The third-order valence-electron chi connectivity index (χ3n) is 4.55. The van der Waals surface area contributed by atoms with Crippen molar-refractivity contribution in [3.05, 3.63) is 65.2 Å². The molecule has 1 aliphatic heterocycles. The third kappa shape index (κ3) is 3.97. The quantitative estimate of drug-likeness (QED) is 0.575. The minimum absolute atomic E-state index is 0.196. The molecule has 0 amide bonds. The summed E-state index contributed by atoms with van der Waals surface area (Å²) in [6.45, 7) is 3.23. The average molecular weight is 373 g/mol. The van der Waals surface area contributed by atoms with Gasteiger partial charge in [-0.3, -0.25) is 0 Å². The summed E-state index contributed by atoms with van der Waals surface area (Å²) in [5.74, 6) is -0.422. The molecule has 138 valence electrons. The van der Waals surface area contributed by atoms with E-state index in [0.717, 1.165) is 18.4 Å². The van der Waals surface area contributed by atoms with Gasteiger partial charge in [0.1, 0.15) is 0 Å². The molecule has 0 saturated heterocycles. The van der Waals surface area contributed by atoms with Crippen molar-refractivity contribution in [2.75, 3.05) is 13.2 Å². The van der Waals surface area contributed by atoms with Crippen LogP contribution in [-0.4, -0.2) is 31.8 Å². The summed E-state index contributed by atoms with van der Waals surface area (Å²) in [6.07, 6.45) is 2.47. The first-order chi connectivity index (χ1) is 12.5. The Morgan fingerprint density at radius 1 is 1.08 bits per heavy atom. The normalized spacial score (nSPS) is 14.7. The van der Waals surface area contributed by atoms with Gasteiger partial charge >= 0.3 is 5.97 Å². The summed E-state index contributed by atoms with van der Waals surface area (Å²) in [6, 6.07) is 13.9. The molecule has 1 heterocycles. The van der Waals surface area contributed by atoms with E-state index in [4.69, 9.17) is 4.74 Å². The Kier molecular flexibility index (Phi) is 5.74. The molecule has 2 aromatic rings. The molecule has 0 N–H and O–H groups in total. The van der Waals surface area contributed by atoms with Gasteiger partial charge in [0.15, 0.2) is 0 Å². The van der Waals surface area contributed by atoms with Crippen molar-refractivity contribution < 1.29 is 17.9 Å². The molecule has 0 spiro atoms. The van der Waals surface area contributed by atoms with Crippen molar-refractivity contribution in [1.82, 2.24) is 4.31 Å². The molecule has 26 heavy (non-hydrogen) atoms. The second-order valence-corrected chi connectivity index (χ2v) is 8.31. The molecule has 2 aromatic carbocycles. The second kappa shape index (κ2) is 8.01. The van der Waals surface area contributed by atoms with E-state index in [9.17, 15) is 13.2 Å². The lowest BCUT2D eigenvalue weighted by atomic mass is 10.0. The standard InChI is InChI=1S/C20H23NO4S/c1-2-3-14-25-20(22)17-8-10-19(11-9-17)26(23,24)21-13-12-16-6-4-5-7-18(16)15-21/h4-11H,2-3,12-15H2,1H3. The second-order valence-electron chi connectivity index (χ2n) is 6.37. The molecule has 0 saturated carbocycles. The molecule has 0 bridgehead atoms. The molecular formula is C20H23NO4S. The average Bonchev–Trinajstić information content (AvgIpc) is 2.67. The van der Waals surface area contributed by atoms with Gasteiger partial charge in [-0.1, -0.05) is 37.6 Å². The van der Waals surface area contributed by atoms with Crippen LogP contribution in [0.15, 0.2) is 53.4 Å². The number of nitrogens with zero attached hydrogens (tertiary/aromatic N) is 1. The number of hydrogen-bond donors (Lipinski definition) is 0. The van der Waals surface area contributed by atoms with Gasteiger partial charge < -0.3 is 4.74 Å². The molecule has 0 unspecified atom stereocenters. The molecule has 0 aromatic heterocycles. The van der Waals surface area contributed by atoms with Crippen LogP contribution in [0.25, 0.3) is 0 Å². The fourth-order valence-corrected chi connectivity index (χ4v) is 4.40. The first kappa shape index (κ1) is 18.6. The molecule has 0 fully saturated rings. The van der Waals surface area contributed by atoms with Gasteiger partial charge in [-0.05, 0) is 48.2 Å². The van der Waals surface area contributed by atoms with Crippen molar-refractivity contribution in [1.29, 1.82) is 0 Å². The maximum Gasteiger partial charge on any atom is 0.338 e. The van der Waals surface area contributed by atoms with Crippen LogP contribution in [0.3, 0.4) is 0 Å². The van der Waals surface area contributed by atoms with E-state index in [1.165, 1.54) is 34.1 Å². The first-order valence-electron chi connectivity index (χ1n) is 8.86. The van der Waals surface area contributed by atoms with Gasteiger partial charge in [0, 0.05) is 13.1 Å². The summed E-state index contributed by atoms with van der Waals surface area (Å²) in [4.78, 5) is 12.1. The number of fused-ring (bicyclic) bond motifs is 1. The summed E-state index contributed by atoms with van der Waals surface area (Å²) < 4.78 is 32.4. The van der Waals surface area contributed by atoms with Gasteiger partial charge in [0.05, 0.1) is 17.1 Å². The van der Waals surface area contributed by atoms with E-state index in [1.807, 2.05) is 31.2 Å². The molecule has 6 heteroatoms. The predicted molar refractivity (Wildman–Crippen MR) is 99.4 cm³/mol. The number of benzene rings is 2. The molecule has 0 atom stereocenters. The fraction of sp³-hybridized carbons (Fsp3) is 0.350. The van der Waals surface area contributed by atoms with Crippen LogP contribution in [0.4, 0.5) is 0 Å². The number of esters is 1. The summed E-state index contributed by atoms with van der Waals surface area (Å²) in [5, 5.41) is 0. The van der Waals surface area contributed by atoms with Crippen molar-refractivity contribution in [2.24, 2.45) is 0 Å². The van der Waals surface area contributed by atoms with Gasteiger partial charge in [-0.15, -0.1) is 0 Å². The number of sulfonamides is 1. The maximum atomic E-state index is 12.9. The van der Waals surface area contributed by atoms with Crippen LogP contribution in [0.1, 0.15) is 41.3 Å². The molecule has 3 rings (SSSR count). The fourth-order valence-electron chi connectivity index (χ4n) is 2.98. The SMILES string of the molecule is CCCCOC(=O)c1ccc(S(=O)(=O)N2CCc3ccccc3C2)cc1. The minimum atomic E-state index is -3.59. The lowest BCUT2D eigenvalue weighted by Gasteiger charge is -2.28. The molecular weight excluding hydrogens is 350 g/mol. The van der Waals surface area contributed by atoms with Crippen LogP contribution in [0, 0.1) is 0 Å². The highest BCUT2D eigenvalue weighted by Gasteiger charge is 2.28. The van der Waals surface area contributed by atoms with Crippen LogP contribution >= 0.6 is 0 Å². The topological polar surface area (TPSA) is 63.7 Å². The third-order valence-corrected chi connectivity index (χ3v) is 6.41. The monoisotopic (exact) mass is 373 g/mol. The zero-order chi connectivity index (χ0) is 18.6. The van der Waals surface area contributed by atoms with E-state index in [2.05, 4.69) is 0 Å². The highest BCUT2D eigenvalue weighted by atomic mass is 32.2. The van der Waals surface area contributed by atoms with Crippen molar-refractivity contribution in [3.63, 3.8) is 0 Å². The Bertz CT molecular complexity index is 875. The number of rotatable bonds is 6. The number of unbranched alkanes of at least 4 members (excludes halogenated alkanes) is 1. The number of hydrogen-bond acceptors (Lipinski definition) is 4. The van der Waals surface area contributed by atoms with Gasteiger partial charge in [0.2, 0.25) is 10.0 Å². The van der Waals surface area contributed by atoms with Crippen LogP contribution in [0.5, 0.6) is 0 Å². The zero-order valence-electron chi connectivity index (χ0n) is 14.8. The Morgan fingerprint density at radius 2 is 1.77 bits per heavy atom. The van der Waals surface area contributed by atoms with Crippen molar-refractivity contribution >= 4 is 16.0 Å². The van der Waals surface area contributed by atoms with Crippen LogP contribution in [-0.2, 0) is 27.7 Å². The zero-order valence-corrected chi connectivity index (χ0v) is 15.7. The van der Waals surface area contributed by atoms with Crippen molar-refractivity contribution in [3.8, 4) is 0 Å². The van der Waals surface area contributed by atoms with Crippen molar-refractivity contribution in [2.45, 2.75) is 37.6 Å².